The molecule has 0 saturated carbocycles. The average Bonchev–Trinajstić information content (AvgIpc) is 2.33. The third-order valence-electron chi connectivity index (χ3n) is 1.35. The predicted molar refractivity (Wildman–Crippen MR) is 37.5 cm³/mol. The van der Waals surface area contributed by atoms with Gasteiger partial charge < -0.3 is 5.32 Å². The Morgan fingerprint density at radius 2 is 2.56 bits per heavy atom. The van der Waals surface area contributed by atoms with Gasteiger partial charge in [-0.1, -0.05) is 6.92 Å². The van der Waals surface area contributed by atoms with Crippen LogP contribution in [0.3, 0.4) is 0 Å². The summed E-state index contributed by atoms with van der Waals surface area (Å²) >= 11 is 0. The number of hydrogen-bond acceptors (Lipinski definition) is 2. The van der Waals surface area contributed by atoms with E-state index in [1.165, 1.54) is 5.56 Å². The van der Waals surface area contributed by atoms with Gasteiger partial charge in [0.15, 0.2) is 0 Å². The van der Waals surface area contributed by atoms with Gasteiger partial charge in [-0.25, -0.2) is 0 Å². The van der Waals surface area contributed by atoms with Crippen molar-refractivity contribution < 1.29 is 0 Å². The fraction of sp³-hybridized carbons (Fsp3) is 0.500. The largest absolute Gasteiger partial charge is 0.373 e. The van der Waals surface area contributed by atoms with Crippen LogP contribution in [0, 0.1) is 0 Å². The molecule has 1 aromatic heterocycles. The molecule has 0 fully saturated rings. The zero-order chi connectivity index (χ0) is 6.69. The minimum Gasteiger partial charge on any atom is -0.373 e. The molecular weight excluding hydrogens is 114 g/mol. The van der Waals surface area contributed by atoms with Crippen molar-refractivity contribution in [1.29, 1.82) is 0 Å². The molecule has 3 heteroatoms. The quantitative estimate of drug-likeness (QED) is 0.619. The molecule has 0 unspecified atom stereocenters. The Hall–Kier alpha value is -0.990. The smallest absolute Gasteiger partial charge is 0.124 e. The molecule has 0 aromatic carbocycles. The van der Waals surface area contributed by atoms with Crippen LogP contribution in [0.25, 0.3) is 0 Å². The number of hydrogen-bond donors (Lipinski definition) is 2. The topological polar surface area (TPSA) is 40.7 Å². The fourth-order valence-electron chi connectivity index (χ4n) is 0.796. The van der Waals surface area contributed by atoms with Crippen LogP contribution in [0.4, 0.5) is 5.82 Å². The van der Waals surface area contributed by atoms with Crippen LogP contribution in [0.1, 0.15) is 12.5 Å². The molecule has 0 amide bonds. The molecule has 1 rings (SSSR count). The molecule has 50 valence electrons. The molecule has 9 heavy (non-hydrogen) atoms. The summed E-state index contributed by atoms with van der Waals surface area (Å²) in [6.45, 7) is 2.10. The normalized spacial score (nSPS) is 9.56. The van der Waals surface area contributed by atoms with Crippen LogP contribution in [0.2, 0.25) is 0 Å². The predicted octanol–water partition coefficient (Wildman–Crippen LogP) is 1.01. The van der Waals surface area contributed by atoms with E-state index in [1.807, 2.05) is 13.2 Å². The molecular formula is C6H11N3. The Bertz CT molecular complexity index is 162. The van der Waals surface area contributed by atoms with Crippen LogP contribution in [0.5, 0.6) is 0 Å². The van der Waals surface area contributed by atoms with Gasteiger partial charge in [0, 0.05) is 12.6 Å². The number of aromatic nitrogens is 2. The molecule has 2 N–H and O–H groups in total. The van der Waals surface area contributed by atoms with Crippen LogP contribution in [0.15, 0.2) is 6.20 Å². The third kappa shape index (κ3) is 1.04. The van der Waals surface area contributed by atoms with Gasteiger partial charge in [-0.3, -0.25) is 5.10 Å². The van der Waals surface area contributed by atoms with Crippen molar-refractivity contribution in [2.24, 2.45) is 0 Å². The second-order valence-corrected chi connectivity index (χ2v) is 1.87. The van der Waals surface area contributed by atoms with Gasteiger partial charge in [-0.2, -0.15) is 5.10 Å². The standard InChI is InChI=1S/C6H11N3/c1-3-5-4-8-9-6(5)7-2/h4H,3H2,1-2H3,(H2,7,8,9). The van der Waals surface area contributed by atoms with Crippen LogP contribution in [-0.2, 0) is 6.42 Å². The van der Waals surface area contributed by atoms with Crippen molar-refractivity contribution in [3.05, 3.63) is 11.8 Å². The molecule has 0 aliphatic rings. The van der Waals surface area contributed by atoms with Crippen molar-refractivity contribution in [2.75, 3.05) is 12.4 Å². The first-order chi connectivity index (χ1) is 4.38. The molecule has 1 heterocycles. The minimum absolute atomic E-state index is 1.02. The first-order valence-electron chi connectivity index (χ1n) is 3.08. The third-order valence-corrected chi connectivity index (χ3v) is 1.35. The molecule has 0 atom stereocenters. The monoisotopic (exact) mass is 125 g/mol. The lowest BCUT2D eigenvalue weighted by Crippen LogP contribution is -1.91. The van der Waals surface area contributed by atoms with Crippen LogP contribution in [-0.4, -0.2) is 17.2 Å². The second kappa shape index (κ2) is 2.53. The summed E-state index contributed by atoms with van der Waals surface area (Å²) in [7, 11) is 1.88. The summed E-state index contributed by atoms with van der Waals surface area (Å²) < 4.78 is 0. The summed E-state index contributed by atoms with van der Waals surface area (Å²) in [5, 5.41) is 9.73. The average molecular weight is 125 g/mol. The van der Waals surface area contributed by atoms with Crippen LogP contribution >= 0.6 is 0 Å². The van der Waals surface area contributed by atoms with E-state index in [4.69, 9.17) is 0 Å². The summed E-state index contributed by atoms with van der Waals surface area (Å²) in [5.74, 6) is 1.03. The number of H-pyrrole nitrogens is 1. The molecule has 0 bridgehead atoms. The van der Waals surface area contributed by atoms with E-state index in [-0.39, 0.29) is 0 Å². The zero-order valence-corrected chi connectivity index (χ0v) is 5.73. The Labute approximate surface area is 54.5 Å². The number of nitrogens with one attached hydrogen (secondary N) is 2. The molecule has 0 aliphatic carbocycles. The SMILES string of the molecule is CCc1cn[nH]c1NC. The van der Waals surface area contributed by atoms with Gasteiger partial charge in [-0.15, -0.1) is 0 Å². The van der Waals surface area contributed by atoms with E-state index < -0.39 is 0 Å². The highest BCUT2D eigenvalue weighted by Crippen LogP contribution is 2.08. The number of rotatable bonds is 2. The highest BCUT2D eigenvalue weighted by Gasteiger charge is 1.97. The Kier molecular flexibility index (Phi) is 1.72. The second-order valence-electron chi connectivity index (χ2n) is 1.87. The maximum atomic E-state index is 3.88. The van der Waals surface area contributed by atoms with E-state index in [9.17, 15) is 0 Å². The van der Waals surface area contributed by atoms with Crippen molar-refractivity contribution in [3.63, 3.8) is 0 Å². The lowest BCUT2D eigenvalue weighted by molar-refractivity contribution is 1.09. The summed E-state index contributed by atoms with van der Waals surface area (Å²) in [6.07, 6.45) is 2.86. The molecule has 3 nitrogen and oxygen atoms in total. The van der Waals surface area contributed by atoms with E-state index in [1.54, 1.807) is 0 Å². The first-order valence-corrected chi connectivity index (χ1v) is 3.08. The van der Waals surface area contributed by atoms with Crippen molar-refractivity contribution in [1.82, 2.24) is 10.2 Å². The van der Waals surface area contributed by atoms with Crippen molar-refractivity contribution in [3.8, 4) is 0 Å². The van der Waals surface area contributed by atoms with Gasteiger partial charge in [0.1, 0.15) is 5.82 Å². The number of aromatic amines is 1. The summed E-state index contributed by atoms with van der Waals surface area (Å²) in [5.41, 5.74) is 1.23. The van der Waals surface area contributed by atoms with Gasteiger partial charge in [-0.05, 0) is 6.42 Å². The van der Waals surface area contributed by atoms with Gasteiger partial charge >= 0.3 is 0 Å². The minimum atomic E-state index is 1.02. The highest BCUT2D eigenvalue weighted by atomic mass is 15.2. The number of nitrogens with zero attached hydrogens (tertiary/aromatic N) is 1. The van der Waals surface area contributed by atoms with E-state index >= 15 is 0 Å². The van der Waals surface area contributed by atoms with Crippen molar-refractivity contribution >= 4 is 5.82 Å². The Balaban J connectivity index is 2.85. The molecule has 1 aromatic rings. The maximum absolute atomic E-state index is 3.88. The Morgan fingerprint density at radius 3 is 3.00 bits per heavy atom. The zero-order valence-electron chi connectivity index (χ0n) is 5.73. The van der Waals surface area contributed by atoms with Gasteiger partial charge in [0.25, 0.3) is 0 Å². The number of anilines is 1. The lowest BCUT2D eigenvalue weighted by Gasteiger charge is -1.95. The maximum Gasteiger partial charge on any atom is 0.124 e. The van der Waals surface area contributed by atoms with Gasteiger partial charge in [0.05, 0.1) is 6.20 Å². The van der Waals surface area contributed by atoms with E-state index in [0.29, 0.717) is 0 Å². The van der Waals surface area contributed by atoms with Crippen molar-refractivity contribution in [2.45, 2.75) is 13.3 Å². The molecule has 0 saturated heterocycles. The lowest BCUT2D eigenvalue weighted by atomic mass is 10.2. The molecule has 0 aliphatic heterocycles. The van der Waals surface area contributed by atoms with Crippen LogP contribution < -0.4 is 5.32 Å². The van der Waals surface area contributed by atoms with E-state index in [0.717, 1.165) is 12.2 Å². The number of aryl methyl sites for hydroxylation is 1. The molecule has 0 radical (unpaired) electrons. The summed E-state index contributed by atoms with van der Waals surface area (Å²) in [4.78, 5) is 0. The highest BCUT2D eigenvalue weighted by molar-refractivity contribution is 5.41. The molecule has 0 spiro atoms. The first kappa shape index (κ1) is 6.13. The van der Waals surface area contributed by atoms with Gasteiger partial charge in [0.2, 0.25) is 0 Å². The Morgan fingerprint density at radius 1 is 1.78 bits per heavy atom. The summed E-state index contributed by atoms with van der Waals surface area (Å²) in [6, 6.07) is 0. The van der Waals surface area contributed by atoms with E-state index in [2.05, 4.69) is 22.4 Å². The fourth-order valence-corrected chi connectivity index (χ4v) is 0.796.